The van der Waals surface area contributed by atoms with Gasteiger partial charge in [-0.25, -0.2) is 4.68 Å². The van der Waals surface area contributed by atoms with E-state index in [0.717, 1.165) is 12.2 Å². The first-order valence-corrected chi connectivity index (χ1v) is 7.64. The van der Waals surface area contributed by atoms with Gasteiger partial charge in [0.25, 0.3) is 5.89 Å². The third kappa shape index (κ3) is 2.98. The smallest absolute Gasteiger partial charge is 0.278 e. The fourth-order valence-corrected chi connectivity index (χ4v) is 2.60. The number of aromatic nitrogens is 4. The van der Waals surface area contributed by atoms with Crippen LogP contribution in [0.25, 0.3) is 17.3 Å². The maximum absolute atomic E-state index is 6.01. The van der Waals surface area contributed by atoms with E-state index in [9.17, 15) is 0 Å². The highest BCUT2D eigenvalue weighted by Gasteiger charge is 2.22. The van der Waals surface area contributed by atoms with Crippen molar-refractivity contribution in [2.45, 2.75) is 6.04 Å². The van der Waals surface area contributed by atoms with E-state index >= 15 is 0 Å². The predicted molar refractivity (Wildman–Crippen MR) is 83.4 cm³/mol. The van der Waals surface area contributed by atoms with Crippen molar-refractivity contribution in [1.29, 1.82) is 0 Å². The first-order chi connectivity index (χ1) is 11.3. The number of ether oxygens (including phenoxy) is 1. The lowest BCUT2D eigenvalue weighted by Crippen LogP contribution is -2.35. The lowest BCUT2D eigenvalue weighted by atomic mass is 10.2. The zero-order valence-corrected chi connectivity index (χ0v) is 12.9. The van der Waals surface area contributed by atoms with E-state index in [1.165, 1.54) is 0 Å². The van der Waals surface area contributed by atoms with Crippen molar-refractivity contribution < 1.29 is 9.26 Å². The largest absolute Gasteiger partial charge is 0.378 e. The number of halogens is 1. The quantitative estimate of drug-likeness (QED) is 0.793. The van der Waals surface area contributed by atoms with E-state index in [-0.39, 0.29) is 6.04 Å². The van der Waals surface area contributed by atoms with Gasteiger partial charge in [0.1, 0.15) is 0 Å². The normalized spacial score (nSPS) is 18.2. The Morgan fingerprint density at radius 3 is 3.09 bits per heavy atom. The molecule has 1 aliphatic rings. The summed E-state index contributed by atoms with van der Waals surface area (Å²) in [6.07, 6.45) is 1.83. The van der Waals surface area contributed by atoms with Gasteiger partial charge >= 0.3 is 0 Å². The Morgan fingerprint density at radius 2 is 2.26 bits per heavy atom. The average Bonchev–Trinajstić information content (AvgIpc) is 3.25. The summed E-state index contributed by atoms with van der Waals surface area (Å²) in [4.78, 5) is 4.41. The molecule has 3 heterocycles. The maximum atomic E-state index is 6.01. The first kappa shape index (κ1) is 14.4. The number of nitrogens with one attached hydrogen (secondary N) is 1. The first-order valence-electron chi connectivity index (χ1n) is 7.26. The Balaban J connectivity index is 1.58. The molecule has 1 atom stereocenters. The lowest BCUT2D eigenvalue weighted by Gasteiger charge is -2.20. The molecule has 1 fully saturated rings. The molecule has 0 aliphatic carbocycles. The molecule has 0 radical (unpaired) electrons. The molecule has 1 aliphatic heterocycles. The SMILES string of the molecule is Clc1cccc(-n2ccc(-c3nc(C4COCCN4)no3)n2)c1. The highest BCUT2D eigenvalue weighted by molar-refractivity contribution is 6.30. The van der Waals surface area contributed by atoms with Crippen molar-refractivity contribution in [1.82, 2.24) is 25.2 Å². The van der Waals surface area contributed by atoms with Crippen molar-refractivity contribution >= 4 is 11.6 Å². The average molecular weight is 332 g/mol. The van der Waals surface area contributed by atoms with Crippen LogP contribution >= 0.6 is 11.6 Å². The molecule has 3 aromatic rings. The monoisotopic (exact) mass is 331 g/mol. The van der Waals surface area contributed by atoms with Crippen LogP contribution in [0.5, 0.6) is 0 Å². The molecule has 0 spiro atoms. The minimum atomic E-state index is -0.0451. The van der Waals surface area contributed by atoms with Gasteiger partial charge in [-0.15, -0.1) is 0 Å². The number of hydrogen-bond acceptors (Lipinski definition) is 6. The number of morpholine rings is 1. The van der Waals surface area contributed by atoms with Crippen molar-refractivity contribution in [2.24, 2.45) is 0 Å². The molecule has 0 amide bonds. The summed E-state index contributed by atoms with van der Waals surface area (Å²) in [5.41, 5.74) is 1.48. The van der Waals surface area contributed by atoms with Crippen molar-refractivity contribution in [2.75, 3.05) is 19.8 Å². The topological polar surface area (TPSA) is 78.0 Å². The van der Waals surface area contributed by atoms with E-state index in [2.05, 4.69) is 20.6 Å². The highest BCUT2D eigenvalue weighted by Crippen LogP contribution is 2.21. The molecule has 0 saturated carbocycles. The lowest BCUT2D eigenvalue weighted by molar-refractivity contribution is 0.0734. The van der Waals surface area contributed by atoms with Crippen LogP contribution < -0.4 is 5.32 Å². The Morgan fingerprint density at radius 1 is 1.30 bits per heavy atom. The van der Waals surface area contributed by atoms with E-state index in [1.807, 2.05) is 36.5 Å². The zero-order valence-electron chi connectivity index (χ0n) is 12.1. The summed E-state index contributed by atoms with van der Waals surface area (Å²) >= 11 is 6.01. The van der Waals surface area contributed by atoms with E-state index < -0.39 is 0 Å². The molecule has 1 aromatic carbocycles. The second kappa shape index (κ2) is 6.11. The molecule has 23 heavy (non-hydrogen) atoms. The fraction of sp³-hybridized carbons (Fsp3) is 0.267. The number of rotatable bonds is 3. The van der Waals surface area contributed by atoms with Gasteiger partial charge in [-0.3, -0.25) is 0 Å². The summed E-state index contributed by atoms with van der Waals surface area (Å²) in [5.74, 6) is 0.963. The second-order valence-electron chi connectivity index (χ2n) is 5.16. The van der Waals surface area contributed by atoms with Gasteiger partial charge < -0.3 is 14.6 Å². The van der Waals surface area contributed by atoms with Crippen LogP contribution in [0.3, 0.4) is 0 Å². The van der Waals surface area contributed by atoms with Gasteiger partial charge in [-0.2, -0.15) is 10.1 Å². The molecule has 1 unspecified atom stereocenters. The van der Waals surface area contributed by atoms with Crippen molar-refractivity contribution in [3.8, 4) is 17.3 Å². The number of hydrogen-bond donors (Lipinski definition) is 1. The van der Waals surface area contributed by atoms with E-state index in [1.54, 1.807) is 4.68 Å². The van der Waals surface area contributed by atoms with Crippen LogP contribution in [0.2, 0.25) is 5.02 Å². The van der Waals surface area contributed by atoms with Gasteiger partial charge in [0, 0.05) is 17.8 Å². The molecular weight excluding hydrogens is 318 g/mol. The van der Waals surface area contributed by atoms with Crippen LogP contribution in [-0.4, -0.2) is 39.7 Å². The number of nitrogens with zero attached hydrogens (tertiary/aromatic N) is 4. The molecule has 7 nitrogen and oxygen atoms in total. The fourth-order valence-electron chi connectivity index (χ4n) is 2.41. The predicted octanol–water partition coefficient (Wildman–Crippen LogP) is 2.24. The van der Waals surface area contributed by atoms with Crippen molar-refractivity contribution in [3.63, 3.8) is 0 Å². The van der Waals surface area contributed by atoms with Crippen LogP contribution in [0, 0.1) is 0 Å². The van der Waals surface area contributed by atoms with E-state index in [4.69, 9.17) is 20.9 Å². The maximum Gasteiger partial charge on any atom is 0.278 e. The summed E-state index contributed by atoms with van der Waals surface area (Å²) in [5, 5.41) is 12.4. The summed E-state index contributed by atoms with van der Waals surface area (Å²) in [6.45, 7) is 2.01. The van der Waals surface area contributed by atoms with Gasteiger partial charge in [-0.1, -0.05) is 22.8 Å². The Labute approximate surface area is 137 Å². The summed E-state index contributed by atoms with van der Waals surface area (Å²) in [6, 6.07) is 9.23. The molecule has 1 saturated heterocycles. The standard InChI is InChI=1S/C15H14ClN5O2/c16-10-2-1-3-11(8-10)21-6-4-12(19-21)15-18-14(20-23-15)13-9-22-7-5-17-13/h1-4,6,8,13,17H,5,7,9H2. The van der Waals surface area contributed by atoms with Crippen molar-refractivity contribution in [3.05, 3.63) is 47.4 Å². The third-order valence-electron chi connectivity index (χ3n) is 3.56. The molecule has 8 heteroatoms. The minimum absolute atomic E-state index is 0.0451. The minimum Gasteiger partial charge on any atom is -0.378 e. The third-order valence-corrected chi connectivity index (χ3v) is 3.79. The summed E-state index contributed by atoms with van der Waals surface area (Å²) in [7, 11) is 0. The van der Waals surface area contributed by atoms with Gasteiger partial charge in [-0.05, 0) is 24.3 Å². The second-order valence-corrected chi connectivity index (χ2v) is 5.60. The number of benzene rings is 1. The Kier molecular flexibility index (Phi) is 3.82. The zero-order chi connectivity index (χ0) is 15.6. The van der Waals surface area contributed by atoms with Gasteiger partial charge in [0.2, 0.25) is 0 Å². The molecular formula is C15H14ClN5O2. The van der Waals surface area contributed by atoms with Crippen LogP contribution in [0.1, 0.15) is 11.9 Å². The summed E-state index contributed by atoms with van der Waals surface area (Å²) < 4.78 is 12.4. The highest BCUT2D eigenvalue weighted by atomic mass is 35.5. The van der Waals surface area contributed by atoms with Crippen LogP contribution in [-0.2, 0) is 4.74 Å². The molecule has 118 valence electrons. The molecule has 4 rings (SSSR count). The Hall–Kier alpha value is -2.22. The van der Waals surface area contributed by atoms with Gasteiger partial charge in [0.15, 0.2) is 11.5 Å². The van der Waals surface area contributed by atoms with Gasteiger partial charge in [0.05, 0.1) is 24.9 Å². The van der Waals surface area contributed by atoms with E-state index in [0.29, 0.717) is 35.6 Å². The molecule has 0 bridgehead atoms. The van der Waals surface area contributed by atoms with Crippen LogP contribution in [0.15, 0.2) is 41.1 Å². The van der Waals surface area contributed by atoms with Crippen LogP contribution in [0.4, 0.5) is 0 Å². The molecule has 1 N–H and O–H groups in total. The Bertz CT molecular complexity index is 810. The molecule has 2 aromatic heterocycles.